The summed E-state index contributed by atoms with van der Waals surface area (Å²) in [6.07, 6.45) is 4.71. The van der Waals surface area contributed by atoms with Crippen molar-refractivity contribution in [2.24, 2.45) is 0 Å². The van der Waals surface area contributed by atoms with E-state index in [0.717, 1.165) is 48.8 Å². The number of nitrogen functional groups attached to an aromatic ring is 1. The summed E-state index contributed by atoms with van der Waals surface area (Å²) in [7, 11) is 5.49. The van der Waals surface area contributed by atoms with E-state index in [1.807, 2.05) is 6.20 Å². The highest BCUT2D eigenvalue weighted by atomic mass is 16.5. The van der Waals surface area contributed by atoms with Crippen molar-refractivity contribution in [3.63, 3.8) is 0 Å². The largest absolute Gasteiger partial charge is 0.493 e. The molecule has 0 bridgehead atoms. The summed E-state index contributed by atoms with van der Waals surface area (Å²) in [5, 5.41) is 3.62. The molecule has 0 radical (unpaired) electrons. The highest BCUT2D eigenvalue weighted by molar-refractivity contribution is 5.53. The van der Waals surface area contributed by atoms with E-state index in [4.69, 9.17) is 15.2 Å². The Morgan fingerprint density at radius 1 is 1.14 bits per heavy atom. The van der Waals surface area contributed by atoms with E-state index in [1.54, 1.807) is 14.2 Å². The maximum atomic E-state index is 5.90. The fraction of sp³-hybridized carbons (Fsp3) is 0.545. The molecule has 0 spiro atoms. The van der Waals surface area contributed by atoms with Crippen LogP contribution in [0.5, 0.6) is 11.5 Å². The van der Waals surface area contributed by atoms with E-state index in [9.17, 15) is 0 Å². The van der Waals surface area contributed by atoms with Gasteiger partial charge in [0.1, 0.15) is 5.82 Å². The summed E-state index contributed by atoms with van der Waals surface area (Å²) < 4.78 is 11.0. The molecule has 0 amide bonds. The van der Waals surface area contributed by atoms with Crippen LogP contribution in [-0.4, -0.2) is 55.3 Å². The van der Waals surface area contributed by atoms with E-state index in [2.05, 4.69) is 53.2 Å². The smallest absolute Gasteiger partial charge is 0.221 e. The molecule has 0 saturated carbocycles. The number of ether oxygens (including phenoxy) is 2. The SMILES string of the molecule is COc1cc(Cc2cnc(N)nc2NC2CCN(C)CC2)c(C(C)C)cc1OC. The molecule has 1 aliphatic heterocycles. The molecule has 1 fully saturated rings. The molecule has 0 unspecified atom stereocenters. The van der Waals surface area contributed by atoms with Gasteiger partial charge in [0, 0.05) is 24.2 Å². The van der Waals surface area contributed by atoms with E-state index < -0.39 is 0 Å². The van der Waals surface area contributed by atoms with Gasteiger partial charge in [0.25, 0.3) is 0 Å². The quantitative estimate of drug-likeness (QED) is 0.739. The van der Waals surface area contributed by atoms with Gasteiger partial charge in [-0.15, -0.1) is 0 Å². The fourth-order valence-electron chi connectivity index (χ4n) is 3.85. The molecule has 0 aliphatic carbocycles. The maximum absolute atomic E-state index is 5.90. The zero-order chi connectivity index (χ0) is 21.0. The Hall–Kier alpha value is -2.54. The first-order valence-electron chi connectivity index (χ1n) is 10.2. The number of piperidine rings is 1. The van der Waals surface area contributed by atoms with E-state index in [0.29, 0.717) is 24.3 Å². The van der Waals surface area contributed by atoms with Crippen molar-refractivity contribution in [2.75, 3.05) is 45.4 Å². The number of hydrogen-bond donors (Lipinski definition) is 2. The zero-order valence-electron chi connectivity index (χ0n) is 18.2. The van der Waals surface area contributed by atoms with Crippen LogP contribution in [0.4, 0.5) is 11.8 Å². The van der Waals surface area contributed by atoms with Gasteiger partial charge in [-0.2, -0.15) is 4.98 Å². The molecular formula is C22H33N5O2. The van der Waals surface area contributed by atoms with Crippen LogP contribution in [0.2, 0.25) is 0 Å². The number of aromatic nitrogens is 2. The first-order valence-corrected chi connectivity index (χ1v) is 10.2. The molecule has 1 saturated heterocycles. The van der Waals surface area contributed by atoms with Gasteiger partial charge >= 0.3 is 0 Å². The number of nitrogens with one attached hydrogen (secondary N) is 1. The number of anilines is 2. The third-order valence-electron chi connectivity index (χ3n) is 5.59. The molecule has 2 aromatic rings. The number of likely N-dealkylation sites (tertiary alicyclic amines) is 1. The Labute approximate surface area is 173 Å². The summed E-state index contributed by atoms with van der Waals surface area (Å²) in [6.45, 7) is 6.53. The van der Waals surface area contributed by atoms with Crippen LogP contribution in [0, 0.1) is 0 Å². The standard InChI is InChI=1S/C22H33N5O2/c1-14(2)18-12-20(29-5)19(28-4)11-15(18)10-16-13-24-22(23)26-21(16)25-17-6-8-27(3)9-7-17/h11-14,17H,6-10H2,1-5H3,(H3,23,24,25,26). The highest BCUT2D eigenvalue weighted by Crippen LogP contribution is 2.35. The van der Waals surface area contributed by atoms with E-state index in [-0.39, 0.29) is 0 Å². The van der Waals surface area contributed by atoms with Crippen LogP contribution in [0.3, 0.4) is 0 Å². The van der Waals surface area contributed by atoms with Crippen molar-refractivity contribution in [3.05, 3.63) is 35.0 Å². The van der Waals surface area contributed by atoms with Gasteiger partial charge in [-0.1, -0.05) is 13.8 Å². The lowest BCUT2D eigenvalue weighted by atomic mass is 9.92. The predicted octanol–water partition coefficient (Wildman–Crippen LogP) is 3.30. The molecule has 3 rings (SSSR count). The van der Waals surface area contributed by atoms with Gasteiger partial charge in [-0.25, -0.2) is 4.98 Å². The topological polar surface area (TPSA) is 85.5 Å². The molecule has 1 aliphatic rings. The summed E-state index contributed by atoms with van der Waals surface area (Å²) in [5.74, 6) is 2.95. The Kier molecular flexibility index (Phi) is 6.79. The minimum absolute atomic E-state index is 0.292. The van der Waals surface area contributed by atoms with E-state index in [1.165, 1.54) is 11.1 Å². The lowest BCUT2D eigenvalue weighted by Gasteiger charge is -2.30. The number of rotatable bonds is 7. The Balaban J connectivity index is 1.91. The molecule has 0 atom stereocenters. The summed E-state index contributed by atoms with van der Waals surface area (Å²) in [6, 6.07) is 4.53. The van der Waals surface area contributed by atoms with Crippen molar-refractivity contribution in [1.29, 1.82) is 0 Å². The second kappa shape index (κ2) is 9.31. The van der Waals surface area contributed by atoms with Crippen LogP contribution >= 0.6 is 0 Å². The van der Waals surface area contributed by atoms with Crippen LogP contribution in [0.25, 0.3) is 0 Å². The average Bonchev–Trinajstić information content (AvgIpc) is 2.71. The molecule has 29 heavy (non-hydrogen) atoms. The Morgan fingerprint density at radius 3 is 2.41 bits per heavy atom. The van der Waals surface area contributed by atoms with Gasteiger partial charge in [-0.05, 0) is 62.2 Å². The normalized spacial score (nSPS) is 15.5. The molecule has 1 aromatic carbocycles. The van der Waals surface area contributed by atoms with Crippen LogP contribution in [0.1, 0.15) is 49.3 Å². The monoisotopic (exact) mass is 399 g/mol. The van der Waals surface area contributed by atoms with Gasteiger partial charge < -0.3 is 25.4 Å². The first-order chi connectivity index (χ1) is 13.9. The lowest BCUT2D eigenvalue weighted by molar-refractivity contribution is 0.263. The minimum Gasteiger partial charge on any atom is -0.493 e. The summed E-state index contributed by atoms with van der Waals surface area (Å²) >= 11 is 0. The third-order valence-corrected chi connectivity index (χ3v) is 5.59. The molecule has 1 aromatic heterocycles. The molecular weight excluding hydrogens is 366 g/mol. The van der Waals surface area contributed by atoms with Gasteiger partial charge in [0.15, 0.2) is 11.5 Å². The van der Waals surface area contributed by atoms with Crippen molar-refractivity contribution in [2.45, 2.75) is 45.1 Å². The Morgan fingerprint density at radius 2 is 1.79 bits per heavy atom. The van der Waals surface area contributed by atoms with Gasteiger partial charge in [0.05, 0.1) is 14.2 Å². The van der Waals surface area contributed by atoms with Crippen LogP contribution < -0.4 is 20.5 Å². The van der Waals surface area contributed by atoms with Crippen LogP contribution in [0.15, 0.2) is 18.3 Å². The molecule has 7 heteroatoms. The summed E-state index contributed by atoms with van der Waals surface area (Å²) in [5.41, 5.74) is 9.34. The van der Waals surface area contributed by atoms with Crippen molar-refractivity contribution >= 4 is 11.8 Å². The van der Waals surface area contributed by atoms with Gasteiger partial charge in [-0.3, -0.25) is 0 Å². The molecule has 158 valence electrons. The zero-order valence-corrected chi connectivity index (χ0v) is 18.2. The molecule has 7 nitrogen and oxygen atoms in total. The lowest BCUT2D eigenvalue weighted by Crippen LogP contribution is -2.37. The Bertz CT molecular complexity index is 832. The number of hydrogen-bond acceptors (Lipinski definition) is 7. The van der Waals surface area contributed by atoms with Crippen LogP contribution in [-0.2, 0) is 6.42 Å². The molecule has 3 N–H and O–H groups in total. The van der Waals surface area contributed by atoms with Crippen molar-refractivity contribution < 1.29 is 9.47 Å². The highest BCUT2D eigenvalue weighted by Gasteiger charge is 2.20. The second-order valence-electron chi connectivity index (χ2n) is 8.06. The van der Waals surface area contributed by atoms with E-state index >= 15 is 0 Å². The van der Waals surface area contributed by atoms with Crippen molar-refractivity contribution in [3.8, 4) is 11.5 Å². The average molecular weight is 400 g/mol. The predicted molar refractivity (Wildman–Crippen MR) is 117 cm³/mol. The first kappa shape index (κ1) is 21.2. The number of benzene rings is 1. The fourth-order valence-corrected chi connectivity index (χ4v) is 3.85. The number of methoxy groups -OCH3 is 2. The summed E-state index contributed by atoms with van der Waals surface area (Å²) in [4.78, 5) is 11.1. The second-order valence-corrected chi connectivity index (χ2v) is 8.06. The molecule has 2 heterocycles. The number of nitrogens with two attached hydrogens (primary N) is 1. The minimum atomic E-state index is 0.292. The third kappa shape index (κ3) is 5.09. The number of nitrogens with zero attached hydrogens (tertiary/aromatic N) is 3. The van der Waals surface area contributed by atoms with Gasteiger partial charge in [0.2, 0.25) is 5.95 Å². The maximum Gasteiger partial charge on any atom is 0.221 e. The van der Waals surface area contributed by atoms with Crippen molar-refractivity contribution in [1.82, 2.24) is 14.9 Å².